The van der Waals surface area contributed by atoms with Gasteiger partial charge in [0.05, 0.1) is 13.0 Å². The fraction of sp³-hybridized carbons (Fsp3) is 0.857. The molecule has 0 atom stereocenters. The van der Waals surface area contributed by atoms with E-state index >= 15 is 0 Å². The number of rotatable bonds is 3. The van der Waals surface area contributed by atoms with E-state index in [1.54, 1.807) is 20.8 Å². The Bertz CT molecular complexity index is 148. The maximum atomic E-state index is 10.8. The minimum Gasteiger partial charge on any atom is -0.460 e. The van der Waals surface area contributed by atoms with E-state index in [2.05, 4.69) is 5.18 Å². The lowest BCUT2D eigenvalue weighted by atomic mass is 10.2. The van der Waals surface area contributed by atoms with Gasteiger partial charge >= 0.3 is 5.97 Å². The molecule has 4 nitrogen and oxygen atoms in total. The molecule has 11 heavy (non-hydrogen) atoms. The van der Waals surface area contributed by atoms with Gasteiger partial charge in [0, 0.05) is 0 Å². The van der Waals surface area contributed by atoms with Crippen molar-refractivity contribution in [1.82, 2.24) is 0 Å². The molecule has 0 fully saturated rings. The molecule has 0 spiro atoms. The van der Waals surface area contributed by atoms with Gasteiger partial charge in [0.1, 0.15) is 5.60 Å². The van der Waals surface area contributed by atoms with Crippen LogP contribution >= 0.6 is 0 Å². The zero-order valence-corrected chi connectivity index (χ0v) is 7.09. The van der Waals surface area contributed by atoms with Crippen molar-refractivity contribution in [2.45, 2.75) is 32.8 Å². The van der Waals surface area contributed by atoms with Gasteiger partial charge < -0.3 is 4.74 Å². The van der Waals surface area contributed by atoms with Crippen LogP contribution in [-0.2, 0) is 9.53 Å². The summed E-state index contributed by atoms with van der Waals surface area (Å²) in [6, 6.07) is 0. The first-order valence-electron chi connectivity index (χ1n) is 3.46. The zero-order chi connectivity index (χ0) is 8.91. The Morgan fingerprint density at radius 3 is 2.36 bits per heavy atom. The number of nitrogens with zero attached hydrogens (tertiary/aromatic N) is 1. The van der Waals surface area contributed by atoms with Crippen molar-refractivity contribution in [2.24, 2.45) is 5.18 Å². The van der Waals surface area contributed by atoms with Crippen LogP contribution in [0.5, 0.6) is 0 Å². The molecule has 0 aliphatic carbocycles. The monoisotopic (exact) mass is 159 g/mol. The Balaban J connectivity index is 3.61. The molecule has 0 heterocycles. The first-order valence-corrected chi connectivity index (χ1v) is 3.46. The topological polar surface area (TPSA) is 55.7 Å². The number of ether oxygens (including phenoxy) is 1. The normalized spacial score (nSPS) is 10.8. The van der Waals surface area contributed by atoms with Crippen LogP contribution in [0.2, 0.25) is 0 Å². The van der Waals surface area contributed by atoms with E-state index in [9.17, 15) is 9.70 Å². The molecule has 0 saturated heterocycles. The molecule has 0 N–H and O–H groups in total. The quantitative estimate of drug-likeness (QED) is 0.463. The third-order valence-corrected chi connectivity index (χ3v) is 0.827. The van der Waals surface area contributed by atoms with Gasteiger partial charge in [-0.15, -0.1) is 0 Å². The molecule has 0 aromatic carbocycles. The SMILES string of the molecule is CC(C)(C)OC(=O)CCN=O. The van der Waals surface area contributed by atoms with Crippen molar-refractivity contribution in [3.05, 3.63) is 4.91 Å². The summed E-state index contributed by atoms with van der Waals surface area (Å²) in [6.07, 6.45) is 0.0702. The Labute approximate surface area is 65.9 Å². The molecule has 0 bridgehead atoms. The molecule has 64 valence electrons. The number of esters is 1. The predicted octanol–water partition coefficient (Wildman–Crippen LogP) is 1.48. The van der Waals surface area contributed by atoms with Crippen LogP contribution < -0.4 is 0 Å². The zero-order valence-electron chi connectivity index (χ0n) is 7.09. The van der Waals surface area contributed by atoms with Crippen LogP contribution in [0, 0.1) is 4.91 Å². The highest BCUT2D eigenvalue weighted by atomic mass is 16.6. The van der Waals surface area contributed by atoms with Crippen LogP contribution in [0.25, 0.3) is 0 Å². The van der Waals surface area contributed by atoms with Crippen LogP contribution in [0.4, 0.5) is 0 Å². The average Bonchev–Trinajstić information content (AvgIpc) is 1.79. The van der Waals surface area contributed by atoms with Crippen molar-refractivity contribution in [3.8, 4) is 0 Å². The summed E-state index contributed by atoms with van der Waals surface area (Å²) in [6.45, 7) is 5.33. The number of nitroso groups, excluding NO2 is 1. The van der Waals surface area contributed by atoms with Gasteiger partial charge in [-0.3, -0.25) is 4.79 Å². The van der Waals surface area contributed by atoms with Crippen molar-refractivity contribution in [3.63, 3.8) is 0 Å². The third-order valence-electron chi connectivity index (χ3n) is 0.827. The number of hydrogen-bond donors (Lipinski definition) is 0. The minimum atomic E-state index is -0.472. The standard InChI is InChI=1S/C7H13NO3/c1-7(2,3)11-6(9)4-5-8-10/h4-5H2,1-3H3. The smallest absolute Gasteiger partial charge is 0.308 e. The molecule has 0 rings (SSSR count). The van der Waals surface area contributed by atoms with Gasteiger partial charge in [0.25, 0.3) is 0 Å². The van der Waals surface area contributed by atoms with E-state index in [4.69, 9.17) is 4.74 Å². The third kappa shape index (κ3) is 6.96. The number of hydrogen-bond acceptors (Lipinski definition) is 4. The van der Waals surface area contributed by atoms with Crippen LogP contribution in [0.15, 0.2) is 5.18 Å². The molecule has 0 saturated carbocycles. The second kappa shape index (κ2) is 4.05. The Kier molecular flexibility index (Phi) is 3.71. The van der Waals surface area contributed by atoms with E-state index in [0.29, 0.717) is 0 Å². The highest BCUT2D eigenvalue weighted by Gasteiger charge is 2.15. The molecule has 0 unspecified atom stereocenters. The summed E-state index contributed by atoms with van der Waals surface area (Å²) in [7, 11) is 0. The second-order valence-electron chi connectivity index (χ2n) is 3.19. The van der Waals surface area contributed by atoms with Gasteiger partial charge in [-0.25, -0.2) is 0 Å². The number of carbonyl (C=O) groups is 1. The largest absolute Gasteiger partial charge is 0.460 e. The molecule has 0 aliphatic heterocycles. The highest BCUT2D eigenvalue weighted by molar-refractivity contribution is 5.70. The fourth-order valence-corrected chi connectivity index (χ4v) is 0.529. The van der Waals surface area contributed by atoms with Crippen molar-refractivity contribution < 1.29 is 9.53 Å². The van der Waals surface area contributed by atoms with Gasteiger partial charge in [-0.2, -0.15) is 4.91 Å². The molecule has 0 radical (unpaired) electrons. The summed E-state index contributed by atoms with van der Waals surface area (Å²) < 4.78 is 4.90. The molecule has 0 aromatic rings. The maximum Gasteiger partial charge on any atom is 0.308 e. The predicted molar refractivity (Wildman–Crippen MR) is 41.1 cm³/mol. The fourth-order valence-electron chi connectivity index (χ4n) is 0.529. The lowest BCUT2D eigenvalue weighted by Crippen LogP contribution is -2.24. The van der Waals surface area contributed by atoms with Crippen LogP contribution in [0.3, 0.4) is 0 Å². The van der Waals surface area contributed by atoms with E-state index < -0.39 is 5.60 Å². The first-order chi connectivity index (χ1) is 4.95. The molecular weight excluding hydrogens is 146 g/mol. The highest BCUT2D eigenvalue weighted by Crippen LogP contribution is 2.07. The minimum absolute atomic E-state index is 0.00505. The second-order valence-corrected chi connectivity index (χ2v) is 3.19. The van der Waals surface area contributed by atoms with E-state index in [1.165, 1.54) is 0 Å². The van der Waals surface area contributed by atoms with Gasteiger partial charge in [0.2, 0.25) is 0 Å². The van der Waals surface area contributed by atoms with Gasteiger partial charge in [-0.05, 0) is 20.8 Å². The molecular formula is C7H13NO3. The van der Waals surface area contributed by atoms with Crippen LogP contribution in [0.1, 0.15) is 27.2 Å². The summed E-state index contributed by atoms with van der Waals surface area (Å²) in [5, 5.41) is 2.55. The van der Waals surface area contributed by atoms with Crippen molar-refractivity contribution >= 4 is 5.97 Å². The van der Waals surface area contributed by atoms with Gasteiger partial charge in [0.15, 0.2) is 0 Å². The number of carbonyl (C=O) groups excluding carboxylic acids is 1. The van der Waals surface area contributed by atoms with Crippen molar-refractivity contribution in [1.29, 1.82) is 0 Å². The molecule has 0 aliphatic rings. The van der Waals surface area contributed by atoms with E-state index in [0.717, 1.165) is 0 Å². The van der Waals surface area contributed by atoms with Gasteiger partial charge in [-0.1, -0.05) is 5.18 Å². The van der Waals surface area contributed by atoms with Crippen molar-refractivity contribution in [2.75, 3.05) is 6.54 Å². The van der Waals surface area contributed by atoms with Crippen LogP contribution in [-0.4, -0.2) is 18.1 Å². The molecule has 0 aromatic heterocycles. The maximum absolute atomic E-state index is 10.8. The Morgan fingerprint density at radius 1 is 1.45 bits per heavy atom. The summed E-state index contributed by atoms with van der Waals surface area (Å²) in [5.41, 5.74) is -0.472. The first kappa shape index (κ1) is 10.1. The lowest BCUT2D eigenvalue weighted by molar-refractivity contribution is -0.154. The summed E-state index contributed by atoms with van der Waals surface area (Å²) in [5.74, 6) is -0.378. The molecule has 4 heteroatoms. The van der Waals surface area contributed by atoms with E-state index in [-0.39, 0.29) is 18.9 Å². The Morgan fingerprint density at radius 2 is 2.00 bits per heavy atom. The summed E-state index contributed by atoms with van der Waals surface area (Å²) >= 11 is 0. The van der Waals surface area contributed by atoms with E-state index in [1.807, 2.05) is 0 Å². The summed E-state index contributed by atoms with van der Waals surface area (Å²) in [4.78, 5) is 20.4. The molecule has 0 amide bonds. The average molecular weight is 159 g/mol. The Hall–Kier alpha value is -0.930. The lowest BCUT2D eigenvalue weighted by Gasteiger charge is -2.18.